The van der Waals surface area contributed by atoms with Gasteiger partial charge >= 0.3 is 0 Å². The maximum absolute atomic E-state index is 11.5. The van der Waals surface area contributed by atoms with Gasteiger partial charge < -0.3 is 10.2 Å². The van der Waals surface area contributed by atoms with E-state index in [1.54, 1.807) is 4.90 Å². The smallest absolute Gasteiger partial charge is 0.231 e. The molecule has 1 N–H and O–H groups in total. The van der Waals surface area contributed by atoms with E-state index in [9.17, 15) is 4.79 Å². The van der Waals surface area contributed by atoms with Crippen molar-refractivity contribution >= 4 is 28.9 Å². The number of likely N-dealkylation sites (N-methyl/N-ethyl adjacent to an activating group) is 1. The van der Waals surface area contributed by atoms with Crippen molar-refractivity contribution in [1.29, 1.82) is 0 Å². The van der Waals surface area contributed by atoms with Crippen molar-refractivity contribution in [1.82, 2.24) is 0 Å². The molecule has 0 aliphatic carbocycles. The summed E-state index contributed by atoms with van der Waals surface area (Å²) in [7, 11) is 1.81. The second-order valence-electron chi connectivity index (χ2n) is 3.94. The molecule has 3 nitrogen and oxygen atoms in total. The zero-order chi connectivity index (χ0) is 11.5. The molecule has 1 amide bonds. The molecule has 4 heteroatoms. The van der Waals surface area contributed by atoms with E-state index < -0.39 is 0 Å². The van der Waals surface area contributed by atoms with Crippen LogP contribution in [-0.2, 0) is 11.2 Å². The Morgan fingerprint density at radius 3 is 3.06 bits per heavy atom. The van der Waals surface area contributed by atoms with Gasteiger partial charge in [-0.05, 0) is 30.2 Å². The van der Waals surface area contributed by atoms with Crippen molar-refractivity contribution in [2.45, 2.75) is 12.8 Å². The molecule has 0 saturated heterocycles. The first-order valence-electron chi connectivity index (χ1n) is 5.41. The van der Waals surface area contributed by atoms with Crippen LogP contribution in [0.1, 0.15) is 12.0 Å². The molecule has 86 valence electrons. The summed E-state index contributed by atoms with van der Waals surface area (Å²) in [5.74, 6) is 0.826. The van der Waals surface area contributed by atoms with Crippen LogP contribution >= 0.6 is 11.6 Å². The summed E-state index contributed by atoms with van der Waals surface area (Å²) in [5.41, 5.74) is 3.18. The highest BCUT2D eigenvalue weighted by Crippen LogP contribution is 2.29. The number of rotatable bonds is 4. The molecule has 16 heavy (non-hydrogen) atoms. The Morgan fingerprint density at radius 2 is 2.31 bits per heavy atom. The standard InChI is InChI=1S/C12H15ClN2O/c1-15-11-4-3-10(14-6-2-5-13)7-9(11)8-12(15)16/h3-4,7,14H,2,5-6,8H2,1H3. The number of nitrogens with one attached hydrogen (secondary N) is 1. The van der Waals surface area contributed by atoms with E-state index in [-0.39, 0.29) is 5.91 Å². The Balaban J connectivity index is 2.09. The first-order chi connectivity index (χ1) is 7.72. The minimum absolute atomic E-state index is 0.160. The molecule has 1 aromatic carbocycles. The summed E-state index contributed by atoms with van der Waals surface area (Å²) < 4.78 is 0. The van der Waals surface area contributed by atoms with Gasteiger partial charge in [-0.2, -0.15) is 0 Å². The first kappa shape index (κ1) is 11.3. The zero-order valence-electron chi connectivity index (χ0n) is 9.29. The SMILES string of the molecule is CN1C(=O)Cc2cc(NCCCCl)ccc21. The molecule has 1 aromatic rings. The van der Waals surface area contributed by atoms with Crippen molar-refractivity contribution in [3.63, 3.8) is 0 Å². The van der Waals surface area contributed by atoms with Crippen molar-refractivity contribution in [3.8, 4) is 0 Å². The third kappa shape index (κ3) is 2.14. The van der Waals surface area contributed by atoms with Gasteiger partial charge in [0.25, 0.3) is 0 Å². The van der Waals surface area contributed by atoms with Crippen LogP contribution in [0.25, 0.3) is 0 Å². The number of fused-ring (bicyclic) bond motifs is 1. The summed E-state index contributed by atoms with van der Waals surface area (Å²) in [4.78, 5) is 13.2. The quantitative estimate of drug-likeness (QED) is 0.645. The average molecular weight is 239 g/mol. The van der Waals surface area contributed by atoms with Gasteiger partial charge in [0.2, 0.25) is 5.91 Å². The third-order valence-electron chi connectivity index (χ3n) is 2.80. The maximum Gasteiger partial charge on any atom is 0.231 e. The summed E-state index contributed by atoms with van der Waals surface area (Å²) >= 11 is 5.61. The topological polar surface area (TPSA) is 32.3 Å². The predicted octanol–water partition coefficient (Wildman–Crippen LogP) is 2.25. The van der Waals surface area contributed by atoms with Crippen LogP contribution in [0.2, 0.25) is 0 Å². The van der Waals surface area contributed by atoms with E-state index in [0.717, 1.165) is 29.9 Å². The summed E-state index contributed by atoms with van der Waals surface area (Å²) in [6.45, 7) is 0.867. The predicted molar refractivity (Wildman–Crippen MR) is 67.4 cm³/mol. The van der Waals surface area contributed by atoms with Crippen LogP contribution in [0.15, 0.2) is 18.2 Å². The zero-order valence-corrected chi connectivity index (χ0v) is 10.0. The molecule has 0 aromatic heterocycles. The van der Waals surface area contributed by atoms with E-state index in [4.69, 9.17) is 11.6 Å². The fourth-order valence-electron chi connectivity index (χ4n) is 1.88. The largest absolute Gasteiger partial charge is 0.385 e. The summed E-state index contributed by atoms with van der Waals surface area (Å²) in [6.07, 6.45) is 1.45. The highest BCUT2D eigenvalue weighted by Gasteiger charge is 2.23. The summed E-state index contributed by atoms with van der Waals surface area (Å²) in [5, 5.41) is 3.29. The Bertz CT molecular complexity index is 406. The number of halogens is 1. The number of hydrogen-bond donors (Lipinski definition) is 1. The highest BCUT2D eigenvalue weighted by molar-refractivity contribution is 6.17. The number of nitrogens with zero attached hydrogens (tertiary/aromatic N) is 1. The number of carbonyl (C=O) groups excluding carboxylic acids is 1. The van der Waals surface area contributed by atoms with E-state index in [0.29, 0.717) is 12.3 Å². The van der Waals surface area contributed by atoms with Crippen LogP contribution in [-0.4, -0.2) is 25.4 Å². The third-order valence-corrected chi connectivity index (χ3v) is 3.06. The molecule has 0 saturated carbocycles. The molecular formula is C12H15ClN2O. The normalized spacial score (nSPS) is 14.1. The molecular weight excluding hydrogens is 224 g/mol. The van der Waals surface area contributed by atoms with Gasteiger partial charge in [-0.15, -0.1) is 11.6 Å². The van der Waals surface area contributed by atoms with Crippen LogP contribution in [0.4, 0.5) is 11.4 Å². The molecule has 0 fully saturated rings. The lowest BCUT2D eigenvalue weighted by atomic mass is 10.1. The number of hydrogen-bond acceptors (Lipinski definition) is 2. The highest BCUT2D eigenvalue weighted by atomic mass is 35.5. The molecule has 0 unspecified atom stereocenters. The van der Waals surface area contributed by atoms with E-state index in [2.05, 4.69) is 5.32 Å². The van der Waals surface area contributed by atoms with Crippen LogP contribution in [0.3, 0.4) is 0 Å². The molecule has 0 radical (unpaired) electrons. The van der Waals surface area contributed by atoms with Crippen LogP contribution in [0, 0.1) is 0 Å². The minimum Gasteiger partial charge on any atom is -0.385 e. The first-order valence-corrected chi connectivity index (χ1v) is 5.95. The van der Waals surface area contributed by atoms with Gasteiger partial charge in [0.15, 0.2) is 0 Å². The fourth-order valence-corrected chi connectivity index (χ4v) is 2.01. The van der Waals surface area contributed by atoms with E-state index >= 15 is 0 Å². The summed E-state index contributed by atoms with van der Waals surface area (Å²) in [6, 6.07) is 6.04. The van der Waals surface area contributed by atoms with Crippen LogP contribution < -0.4 is 10.2 Å². The number of amides is 1. The van der Waals surface area contributed by atoms with Gasteiger partial charge in [0.05, 0.1) is 6.42 Å². The number of benzene rings is 1. The Morgan fingerprint density at radius 1 is 1.50 bits per heavy atom. The van der Waals surface area contributed by atoms with Gasteiger partial charge in [0.1, 0.15) is 0 Å². The fraction of sp³-hybridized carbons (Fsp3) is 0.417. The molecule has 2 rings (SSSR count). The maximum atomic E-state index is 11.5. The Hall–Kier alpha value is -1.22. The Labute approximate surface area is 100 Å². The van der Waals surface area contributed by atoms with Crippen molar-refractivity contribution < 1.29 is 4.79 Å². The Kier molecular flexibility index (Phi) is 3.34. The lowest BCUT2D eigenvalue weighted by molar-refractivity contribution is -0.117. The lowest BCUT2D eigenvalue weighted by Gasteiger charge is -2.11. The second-order valence-corrected chi connectivity index (χ2v) is 4.32. The van der Waals surface area contributed by atoms with Gasteiger partial charge in [-0.1, -0.05) is 0 Å². The molecule has 1 aliphatic heterocycles. The second kappa shape index (κ2) is 4.74. The lowest BCUT2D eigenvalue weighted by Crippen LogP contribution is -2.20. The van der Waals surface area contributed by atoms with Gasteiger partial charge in [-0.3, -0.25) is 4.79 Å². The van der Waals surface area contributed by atoms with E-state index in [1.807, 2.05) is 25.2 Å². The molecule has 1 aliphatic rings. The average Bonchev–Trinajstić information content (AvgIpc) is 2.55. The molecule has 0 spiro atoms. The molecule has 1 heterocycles. The van der Waals surface area contributed by atoms with Crippen molar-refractivity contribution in [2.75, 3.05) is 29.7 Å². The number of alkyl halides is 1. The number of carbonyl (C=O) groups is 1. The van der Waals surface area contributed by atoms with Gasteiger partial charge in [0, 0.05) is 30.8 Å². The van der Waals surface area contributed by atoms with E-state index in [1.165, 1.54) is 0 Å². The monoisotopic (exact) mass is 238 g/mol. The molecule has 0 atom stereocenters. The minimum atomic E-state index is 0.160. The molecule has 0 bridgehead atoms. The van der Waals surface area contributed by atoms with Gasteiger partial charge in [-0.25, -0.2) is 0 Å². The number of anilines is 2. The van der Waals surface area contributed by atoms with Crippen molar-refractivity contribution in [2.24, 2.45) is 0 Å². The van der Waals surface area contributed by atoms with Crippen molar-refractivity contribution in [3.05, 3.63) is 23.8 Å². The van der Waals surface area contributed by atoms with Crippen LogP contribution in [0.5, 0.6) is 0 Å².